The van der Waals surface area contributed by atoms with E-state index in [9.17, 15) is 4.39 Å². The maximum atomic E-state index is 13.7. The molecule has 0 amide bonds. The largest absolute Gasteiger partial charge is 0.206 e. The zero-order valence-corrected chi connectivity index (χ0v) is 9.26. The first kappa shape index (κ1) is 10.6. The van der Waals surface area contributed by atoms with Crippen molar-refractivity contribution in [1.82, 2.24) is 0 Å². The molecule has 0 fully saturated rings. The summed E-state index contributed by atoms with van der Waals surface area (Å²) in [7, 11) is 0. The van der Waals surface area contributed by atoms with Gasteiger partial charge in [-0.25, -0.2) is 4.39 Å². The molecule has 0 N–H and O–H groups in total. The van der Waals surface area contributed by atoms with E-state index in [-0.39, 0.29) is 5.82 Å². The molecule has 1 heteroatoms. The highest BCUT2D eigenvalue weighted by molar-refractivity contribution is 5.66. The van der Waals surface area contributed by atoms with Crippen molar-refractivity contribution in [3.63, 3.8) is 0 Å². The van der Waals surface area contributed by atoms with E-state index in [0.717, 1.165) is 21.6 Å². The minimum Gasteiger partial charge on any atom is -0.206 e. The maximum Gasteiger partial charge on any atom is 0.131 e. The molecule has 2 aromatic rings. The first-order valence-electron chi connectivity index (χ1n) is 5.13. The van der Waals surface area contributed by atoms with Crippen LogP contribution in [0.25, 0.3) is 24.3 Å². The lowest BCUT2D eigenvalue weighted by Crippen LogP contribution is -2.14. The molecular formula is C15H13F. The van der Waals surface area contributed by atoms with Crippen molar-refractivity contribution < 1.29 is 4.39 Å². The summed E-state index contributed by atoms with van der Waals surface area (Å²) in [5.41, 5.74) is 2.44. The fraction of sp³-hybridized carbons (Fsp3) is 0.0667. The molecular weight excluding hydrogens is 199 g/mol. The van der Waals surface area contributed by atoms with E-state index in [0.29, 0.717) is 5.56 Å². The third-order valence-electron chi connectivity index (χ3n) is 2.70. The van der Waals surface area contributed by atoms with Crippen LogP contribution in [0.15, 0.2) is 36.4 Å². The van der Waals surface area contributed by atoms with Crippen molar-refractivity contribution in [3.8, 4) is 11.1 Å². The van der Waals surface area contributed by atoms with Gasteiger partial charge in [0.05, 0.1) is 0 Å². The van der Waals surface area contributed by atoms with Crippen molar-refractivity contribution in [2.24, 2.45) is 0 Å². The minimum absolute atomic E-state index is 0.225. The first-order valence-corrected chi connectivity index (χ1v) is 5.13. The zero-order valence-electron chi connectivity index (χ0n) is 9.26. The van der Waals surface area contributed by atoms with Gasteiger partial charge in [-0.3, -0.25) is 0 Å². The fourth-order valence-electron chi connectivity index (χ4n) is 1.81. The summed E-state index contributed by atoms with van der Waals surface area (Å²) in [6.45, 7) is 9.83. The molecule has 0 aliphatic rings. The van der Waals surface area contributed by atoms with Crippen LogP contribution in [0.3, 0.4) is 0 Å². The minimum atomic E-state index is -0.225. The van der Waals surface area contributed by atoms with Gasteiger partial charge in [-0.1, -0.05) is 37.4 Å². The van der Waals surface area contributed by atoms with Crippen LogP contribution in [0, 0.1) is 12.7 Å². The number of benzene rings is 2. The van der Waals surface area contributed by atoms with E-state index in [4.69, 9.17) is 0 Å². The SMILES string of the molecule is C=c1cc(C)c(=C)c(-c2ccccc2F)c1. The van der Waals surface area contributed by atoms with Gasteiger partial charge >= 0.3 is 0 Å². The molecule has 0 bridgehead atoms. The third-order valence-corrected chi connectivity index (χ3v) is 2.70. The lowest BCUT2D eigenvalue weighted by molar-refractivity contribution is 0.631. The van der Waals surface area contributed by atoms with Crippen LogP contribution >= 0.6 is 0 Å². The molecule has 80 valence electrons. The second-order valence-corrected chi connectivity index (χ2v) is 3.92. The standard InChI is InChI=1S/C15H13F/c1-10-8-11(2)12(3)14(9-10)13-6-4-5-7-15(13)16/h4-9H,1,3H2,2H3. The van der Waals surface area contributed by atoms with Crippen molar-refractivity contribution >= 4 is 13.2 Å². The van der Waals surface area contributed by atoms with Crippen LogP contribution in [0.1, 0.15) is 5.56 Å². The van der Waals surface area contributed by atoms with E-state index in [2.05, 4.69) is 13.2 Å². The Balaban J connectivity index is 2.80. The molecule has 0 aliphatic carbocycles. The molecule has 2 rings (SSSR count). The van der Waals surface area contributed by atoms with Gasteiger partial charge in [-0.15, -0.1) is 0 Å². The van der Waals surface area contributed by atoms with Gasteiger partial charge in [0.1, 0.15) is 5.82 Å². The van der Waals surface area contributed by atoms with E-state index < -0.39 is 0 Å². The van der Waals surface area contributed by atoms with Crippen LogP contribution in [-0.4, -0.2) is 0 Å². The monoisotopic (exact) mass is 212 g/mol. The van der Waals surface area contributed by atoms with Gasteiger partial charge in [-0.2, -0.15) is 0 Å². The predicted molar refractivity (Wildman–Crippen MR) is 66.9 cm³/mol. The first-order chi connectivity index (χ1) is 7.59. The summed E-state index contributed by atoms with van der Waals surface area (Å²) >= 11 is 0. The second kappa shape index (κ2) is 3.93. The summed E-state index contributed by atoms with van der Waals surface area (Å²) < 4.78 is 13.7. The molecule has 0 saturated heterocycles. The van der Waals surface area contributed by atoms with Crippen LogP contribution in [-0.2, 0) is 0 Å². The molecule has 0 nitrogen and oxygen atoms in total. The quantitative estimate of drug-likeness (QED) is 0.681. The Morgan fingerprint density at radius 1 is 1.00 bits per heavy atom. The topological polar surface area (TPSA) is 0 Å². The predicted octanol–water partition coefficient (Wildman–Crippen LogP) is 2.62. The number of hydrogen-bond donors (Lipinski definition) is 0. The van der Waals surface area contributed by atoms with Crippen molar-refractivity contribution in [2.75, 3.05) is 0 Å². The summed E-state index contributed by atoms with van der Waals surface area (Å²) in [4.78, 5) is 0. The number of aryl methyl sites for hydroxylation is 1. The lowest BCUT2D eigenvalue weighted by atomic mass is 9.99. The van der Waals surface area contributed by atoms with Gasteiger partial charge in [0.25, 0.3) is 0 Å². The van der Waals surface area contributed by atoms with Crippen LogP contribution in [0.4, 0.5) is 4.39 Å². The Morgan fingerprint density at radius 2 is 1.69 bits per heavy atom. The van der Waals surface area contributed by atoms with E-state index in [1.807, 2.05) is 25.1 Å². The van der Waals surface area contributed by atoms with Crippen molar-refractivity contribution in [3.05, 3.63) is 58.2 Å². The van der Waals surface area contributed by atoms with Crippen molar-refractivity contribution in [2.45, 2.75) is 6.92 Å². The summed E-state index contributed by atoms with van der Waals surface area (Å²) in [6.07, 6.45) is 0. The van der Waals surface area contributed by atoms with Gasteiger partial charge in [0.2, 0.25) is 0 Å². The van der Waals surface area contributed by atoms with Gasteiger partial charge < -0.3 is 0 Å². The summed E-state index contributed by atoms with van der Waals surface area (Å²) in [5.74, 6) is -0.225. The number of rotatable bonds is 1. The average Bonchev–Trinajstić information content (AvgIpc) is 2.24. The van der Waals surface area contributed by atoms with Crippen LogP contribution in [0.5, 0.6) is 0 Å². The third kappa shape index (κ3) is 1.76. The molecule has 2 aromatic carbocycles. The molecule has 0 radical (unpaired) electrons. The molecule has 0 spiro atoms. The van der Waals surface area contributed by atoms with E-state index >= 15 is 0 Å². The van der Waals surface area contributed by atoms with Gasteiger partial charge in [0, 0.05) is 5.56 Å². The lowest BCUT2D eigenvalue weighted by Gasteiger charge is -2.06. The maximum absolute atomic E-state index is 13.7. The fourth-order valence-corrected chi connectivity index (χ4v) is 1.81. The highest BCUT2D eigenvalue weighted by Gasteiger charge is 2.05. The molecule has 16 heavy (non-hydrogen) atoms. The summed E-state index contributed by atoms with van der Waals surface area (Å²) in [6, 6.07) is 10.5. The zero-order chi connectivity index (χ0) is 11.7. The van der Waals surface area contributed by atoms with E-state index in [1.54, 1.807) is 12.1 Å². The molecule has 0 aliphatic heterocycles. The van der Waals surface area contributed by atoms with Crippen LogP contribution < -0.4 is 10.4 Å². The summed E-state index contributed by atoms with van der Waals surface area (Å²) in [5, 5.41) is 1.74. The molecule has 0 atom stereocenters. The Labute approximate surface area is 94.4 Å². The van der Waals surface area contributed by atoms with E-state index in [1.165, 1.54) is 6.07 Å². The Hall–Kier alpha value is -1.89. The van der Waals surface area contributed by atoms with Crippen LogP contribution in [0.2, 0.25) is 0 Å². The van der Waals surface area contributed by atoms with Crippen molar-refractivity contribution in [1.29, 1.82) is 0 Å². The Morgan fingerprint density at radius 3 is 2.38 bits per heavy atom. The average molecular weight is 212 g/mol. The number of halogens is 1. The smallest absolute Gasteiger partial charge is 0.131 e. The normalized spacial score (nSPS) is 10.4. The second-order valence-electron chi connectivity index (χ2n) is 3.92. The molecule has 0 aromatic heterocycles. The van der Waals surface area contributed by atoms with Gasteiger partial charge in [0.15, 0.2) is 0 Å². The Bertz CT molecular complexity index is 626. The highest BCUT2D eigenvalue weighted by Crippen LogP contribution is 2.18. The van der Waals surface area contributed by atoms with Gasteiger partial charge in [-0.05, 0) is 40.6 Å². The molecule has 0 heterocycles. The highest BCUT2D eigenvalue weighted by atomic mass is 19.1. The molecule has 0 saturated carbocycles. The number of hydrogen-bond acceptors (Lipinski definition) is 0. The Kier molecular flexibility index (Phi) is 2.61. The molecule has 0 unspecified atom stereocenters.